The second kappa shape index (κ2) is 6.26. The van der Waals surface area contributed by atoms with Gasteiger partial charge in [0.1, 0.15) is 6.61 Å². The van der Waals surface area contributed by atoms with Crippen molar-refractivity contribution in [2.75, 3.05) is 0 Å². The summed E-state index contributed by atoms with van der Waals surface area (Å²) in [4.78, 5) is 12.0. The Bertz CT molecular complexity index is 773. The van der Waals surface area contributed by atoms with Crippen molar-refractivity contribution >= 4 is 39.3 Å². The normalized spacial score (nSPS) is 10.5. The largest absolute Gasteiger partial charge is 0.457 e. The van der Waals surface area contributed by atoms with Crippen LogP contribution in [0, 0.1) is 3.57 Å². The molecule has 0 fully saturated rings. The highest BCUT2D eigenvalue weighted by Gasteiger charge is 2.08. The van der Waals surface area contributed by atoms with E-state index in [1.165, 1.54) is 0 Å². The molecule has 0 amide bonds. The van der Waals surface area contributed by atoms with E-state index < -0.39 is 0 Å². The van der Waals surface area contributed by atoms with E-state index in [2.05, 4.69) is 34.7 Å². The standard InChI is InChI=1S/C18H13IO2/c19-16-10-8-14(9-11-16)18(20)21-12-15-6-3-5-13-4-1-2-7-17(13)15/h1-11H,12H2. The topological polar surface area (TPSA) is 26.3 Å². The van der Waals surface area contributed by atoms with Crippen molar-refractivity contribution in [2.45, 2.75) is 6.61 Å². The van der Waals surface area contributed by atoms with Crippen molar-refractivity contribution in [3.63, 3.8) is 0 Å². The zero-order valence-corrected chi connectivity index (χ0v) is 13.4. The molecule has 0 radical (unpaired) electrons. The molecule has 104 valence electrons. The molecule has 0 N–H and O–H groups in total. The summed E-state index contributed by atoms with van der Waals surface area (Å²) in [6, 6.07) is 21.5. The second-order valence-corrected chi connectivity index (χ2v) is 5.97. The zero-order chi connectivity index (χ0) is 14.7. The van der Waals surface area contributed by atoms with Crippen LogP contribution in [0.4, 0.5) is 0 Å². The predicted octanol–water partition coefficient (Wildman–Crippen LogP) is 4.80. The lowest BCUT2D eigenvalue weighted by atomic mass is 10.1. The van der Waals surface area contributed by atoms with Gasteiger partial charge in [0.05, 0.1) is 5.56 Å². The number of halogens is 1. The third-order valence-corrected chi connectivity index (χ3v) is 4.04. The van der Waals surface area contributed by atoms with Gasteiger partial charge in [0, 0.05) is 3.57 Å². The van der Waals surface area contributed by atoms with Crippen molar-refractivity contribution in [1.29, 1.82) is 0 Å². The SMILES string of the molecule is O=C(OCc1cccc2ccccc12)c1ccc(I)cc1. The van der Waals surface area contributed by atoms with Crippen LogP contribution in [-0.4, -0.2) is 5.97 Å². The van der Waals surface area contributed by atoms with Crippen LogP contribution in [0.3, 0.4) is 0 Å². The molecule has 3 aromatic rings. The summed E-state index contributed by atoms with van der Waals surface area (Å²) in [5.74, 6) is -0.292. The number of hydrogen-bond acceptors (Lipinski definition) is 2. The van der Waals surface area contributed by atoms with Gasteiger partial charge in [-0.3, -0.25) is 0 Å². The van der Waals surface area contributed by atoms with E-state index >= 15 is 0 Å². The first-order valence-electron chi connectivity index (χ1n) is 6.63. The molecule has 3 aromatic carbocycles. The Kier molecular flexibility index (Phi) is 4.20. The van der Waals surface area contributed by atoms with E-state index in [1.807, 2.05) is 42.5 Å². The molecule has 0 saturated carbocycles. The molecule has 3 heteroatoms. The number of hydrogen-bond donors (Lipinski definition) is 0. The summed E-state index contributed by atoms with van der Waals surface area (Å²) in [6.45, 7) is 0.284. The Morgan fingerprint density at radius 1 is 0.905 bits per heavy atom. The van der Waals surface area contributed by atoms with Gasteiger partial charge >= 0.3 is 5.97 Å². The molecule has 21 heavy (non-hydrogen) atoms. The Hall–Kier alpha value is -1.88. The third kappa shape index (κ3) is 3.24. The van der Waals surface area contributed by atoms with Crippen molar-refractivity contribution in [3.05, 3.63) is 81.4 Å². The van der Waals surface area contributed by atoms with Gasteiger partial charge in [-0.25, -0.2) is 4.79 Å². The quantitative estimate of drug-likeness (QED) is 0.476. The molecule has 0 heterocycles. The Morgan fingerprint density at radius 2 is 1.62 bits per heavy atom. The monoisotopic (exact) mass is 388 g/mol. The summed E-state index contributed by atoms with van der Waals surface area (Å²) >= 11 is 2.21. The van der Waals surface area contributed by atoms with Crippen LogP contribution in [0.1, 0.15) is 15.9 Å². The molecule has 0 spiro atoms. The summed E-state index contributed by atoms with van der Waals surface area (Å²) < 4.78 is 6.52. The molecular formula is C18H13IO2. The van der Waals surface area contributed by atoms with Crippen LogP contribution in [0.15, 0.2) is 66.7 Å². The van der Waals surface area contributed by atoms with E-state index in [4.69, 9.17) is 4.74 Å². The van der Waals surface area contributed by atoms with E-state index in [0.29, 0.717) is 5.56 Å². The Labute approximate surface area is 136 Å². The lowest BCUT2D eigenvalue weighted by molar-refractivity contribution is 0.0474. The average Bonchev–Trinajstić information content (AvgIpc) is 2.53. The minimum absolute atomic E-state index is 0.284. The smallest absolute Gasteiger partial charge is 0.338 e. The van der Waals surface area contributed by atoms with Gasteiger partial charge in [-0.15, -0.1) is 0 Å². The highest BCUT2D eigenvalue weighted by atomic mass is 127. The number of ether oxygens (including phenoxy) is 1. The van der Waals surface area contributed by atoms with Crippen LogP contribution in [0.5, 0.6) is 0 Å². The molecule has 3 rings (SSSR count). The first-order valence-corrected chi connectivity index (χ1v) is 7.71. The maximum absolute atomic E-state index is 12.0. The number of carbonyl (C=O) groups is 1. The maximum Gasteiger partial charge on any atom is 0.338 e. The summed E-state index contributed by atoms with van der Waals surface area (Å²) in [5, 5.41) is 2.27. The molecule has 0 bridgehead atoms. The molecule has 0 saturated heterocycles. The molecule has 0 aliphatic rings. The van der Waals surface area contributed by atoms with Gasteiger partial charge in [-0.2, -0.15) is 0 Å². The van der Waals surface area contributed by atoms with Crippen LogP contribution < -0.4 is 0 Å². The fourth-order valence-corrected chi connectivity index (χ4v) is 2.59. The van der Waals surface area contributed by atoms with Crippen molar-refractivity contribution < 1.29 is 9.53 Å². The Balaban J connectivity index is 1.77. The highest BCUT2D eigenvalue weighted by Crippen LogP contribution is 2.19. The third-order valence-electron chi connectivity index (χ3n) is 3.32. The van der Waals surface area contributed by atoms with Gasteiger partial charge in [0.2, 0.25) is 0 Å². The van der Waals surface area contributed by atoms with Gasteiger partial charge in [-0.1, -0.05) is 42.5 Å². The zero-order valence-electron chi connectivity index (χ0n) is 11.3. The summed E-state index contributed by atoms with van der Waals surface area (Å²) in [7, 11) is 0. The first-order chi connectivity index (χ1) is 10.2. The van der Waals surface area contributed by atoms with Crippen LogP contribution in [-0.2, 0) is 11.3 Å². The molecule has 0 aliphatic heterocycles. The van der Waals surface area contributed by atoms with E-state index in [-0.39, 0.29) is 12.6 Å². The van der Waals surface area contributed by atoms with Gasteiger partial charge in [0.15, 0.2) is 0 Å². The lowest BCUT2D eigenvalue weighted by Crippen LogP contribution is -2.05. The van der Waals surface area contributed by atoms with Gasteiger partial charge in [-0.05, 0) is 63.2 Å². The number of benzene rings is 3. The molecule has 0 aromatic heterocycles. The first kappa shape index (κ1) is 14.1. The van der Waals surface area contributed by atoms with Gasteiger partial charge in [0.25, 0.3) is 0 Å². The van der Waals surface area contributed by atoms with E-state index in [0.717, 1.165) is 19.9 Å². The van der Waals surface area contributed by atoms with Crippen molar-refractivity contribution in [2.24, 2.45) is 0 Å². The summed E-state index contributed by atoms with van der Waals surface area (Å²) in [6.07, 6.45) is 0. The fraction of sp³-hybridized carbons (Fsp3) is 0.0556. The van der Waals surface area contributed by atoms with Gasteiger partial charge < -0.3 is 4.74 Å². The predicted molar refractivity (Wildman–Crippen MR) is 92.2 cm³/mol. The van der Waals surface area contributed by atoms with Crippen molar-refractivity contribution in [1.82, 2.24) is 0 Å². The molecule has 2 nitrogen and oxygen atoms in total. The highest BCUT2D eigenvalue weighted by molar-refractivity contribution is 14.1. The lowest BCUT2D eigenvalue weighted by Gasteiger charge is -2.08. The minimum atomic E-state index is -0.292. The minimum Gasteiger partial charge on any atom is -0.457 e. The fourth-order valence-electron chi connectivity index (χ4n) is 2.23. The number of carbonyl (C=O) groups excluding carboxylic acids is 1. The molecular weight excluding hydrogens is 375 g/mol. The Morgan fingerprint density at radius 3 is 2.43 bits per heavy atom. The second-order valence-electron chi connectivity index (χ2n) is 4.72. The van der Waals surface area contributed by atoms with Crippen LogP contribution >= 0.6 is 22.6 Å². The number of rotatable bonds is 3. The number of fused-ring (bicyclic) bond motifs is 1. The van der Waals surface area contributed by atoms with E-state index in [9.17, 15) is 4.79 Å². The molecule has 0 aliphatic carbocycles. The van der Waals surface area contributed by atoms with Crippen LogP contribution in [0.25, 0.3) is 10.8 Å². The number of esters is 1. The van der Waals surface area contributed by atoms with E-state index in [1.54, 1.807) is 12.1 Å². The van der Waals surface area contributed by atoms with Crippen LogP contribution in [0.2, 0.25) is 0 Å². The van der Waals surface area contributed by atoms with Crippen molar-refractivity contribution in [3.8, 4) is 0 Å². The summed E-state index contributed by atoms with van der Waals surface area (Å²) in [5.41, 5.74) is 1.60. The molecule has 0 atom stereocenters. The molecule has 0 unspecified atom stereocenters. The average molecular weight is 388 g/mol. The maximum atomic E-state index is 12.0.